The summed E-state index contributed by atoms with van der Waals surface area (Å²) in [7, 11) is 1.34. The van der Waals surface area contributed by atoms with Crippen LogP contribution in [0.5, 0.6) is 0 Å². The molecular formula is C19H22N2O4S. The number of aldehydes is 1. The predicted octanol–water partition coefficient (Wildman–Crippen LogP) is 3.63. The molecule has 2 aromatic rings. The Kier molecular flexibility index (Phi) is 6.37. The molecule has 0 fully saturated rings. The van der Waals surface area contributed by atoms with Crippen LogP contribution in [0.4, 0.5) is 0 Å². The van der Waals surface area contributed by atoms with E-state index >= 15 is 0 Å². The van der Waals surface area contributed by atoms with E-state index in [-0.39, 0.29) is 23.2 Å². The number of rotatable bonds is 5. The van der Waals surface area contributed by atoms with Gasteiger partial charge in [-0.3, -0.25) is 9.78 Å². The second kappa shape index (κ2) is 8.31. The molecule has 1 aromatic carbocycles. The standard InChI is InChI=1S/C19H22N2O4S/c1-19(2,3)26-15-8-5-7-13-11-14(12-20-17(13)15)18(24)25-21(4)16(23)9-6-10-22/h5,7-8,10-12H,6,9H2,1-4H3. The fourth-order valence-electron chi connectivity index (χ4n) is 2.22. The Balaban J connectivity index is 2.19. The minimum Gasteiger partial charge on any atom is -0.333 e. The molecule has 0 radical (unpaired) electrons. The van der Waals surface area contributed by atoms with Gasteiger partial charge in [0.15, 0.2) is 0 Å². The summed E-state index contributed by atoms with van der Waals surface area (Å²) < 4.78 is 0.0398. The zero-order valence-electron chi connectivity index (χ0n) is 15.3. The number of fused-ring (bicyclic) bond motifs is 1. The summed E-state index contributed by atoms with van der Waals surface area (Å²) in [6, 6.07) is 7.50. The van der Waals surface area contributed by atoms with Crippen LogP contribution in [0.25, 0.3) is 10.9 Å². The summed E-state index contributed by atoms with van der Waals surface area (Å²) in [5.41, 5.74) is 1.07. The van der Waals surface area contributed by atoms with Gasteiger partial charge in [-0.15, -0.1) is 11.8 Å². The Hall–Kier alpha value is -2.41. The lowest BCUT2D eigenvalue weighted by atomic mass is 10.1. The van der Waals surface area contributed by atoms with Crippen molar-refractivity contribution >= 4 is 40.8 Å². The smallest absolute Gasteiger partial charge is 0.333 e. The summed E-state index contributed by atoms with van der Waals surface area (Å²) in [6.45, 7) is 6.37. The summed E-state index contributed by atoms with van der Waals surface area (Å²) in [4.78, 5) is 44.8. The van der Waals surface area contributed by atoms with Crippen LogP contribution in [-0.2, 0) is 14.4 Å². The molecule has 1 heterocycles. The molecule has 7 heteroatoms. The van der Waals surface area contributed by atoms with Gasteiger partial charge in [-0.05, 0) is 12.1 Å². The van der Waals surface area contributed by atoms with E-state index in [2.05, 4.69) is 25.8 Å². The third-order valence-electron chi connectivity index (χ3n) is 3.37. The molecule has 0 aliphatic carbocycles. The van der Waals surface area contributed by atoms with Crippen molar-refractivity contribution in [2.24, 2.45) is 0 Å². The maximum atomic E-state index is 12.3. The number of nitrogens with zero attached hydrogens (tertiary/aromatic N) is 2. The van der Waals surface area contributed by atoms with E-state index < -0.39 is 11.9 Å². The average Bonchev–Trinajstić information content (AvgIpc) is 2.58. The normalized spacial score (nSPS) is 11.2. The van der Waals surface area contributed by atoms with E-state index in [0.717, 1.165) is 20.9 Å². The number of benzene rings is 1. The van der Waals surface area contributed by atoms with E-state index in [1.807, 2.05) is 18.2 Å². The molecule has 0 saturated heterocycles. The van der Waals surface area contributed by atoms with Gasteiger partial charge >= 0.3 is 5.97 Å². The van der Waals surface area contributed by atoms with Gasteiger partial charge in [0.25, 0.3) is 5.91 Å². The highest BCUT2D eigenvalue weighted by atomic mass is 32.2. The third kappa shape index (κ3) is 5.29. The van der Waals surface area contributed by atoms with Crippen LogP contribution in [0.3, 0.4) is 0 Å². The summed E-state index contributed by atoms with van der Waals surface area (Å²) >= 11 is 1.71. The van der Waals surface area contributed by atoms with Crippen LogP contribution >= 0.6 is 11.8 Å². The highest BCUT2D eigenvalue weighted by molar-refractivity contribution is 8.00. The highest BCUT2D eigenvalue weighted by Gasteiger charge is 2.18. The summed E-state index contributed by atoms with van der Waals surface area (Å²) in [5.74, 6) is -1.11. The van der Waals surface area contributed by atoms with Gasteiger partial charge < -0.3 is 9.63 Å². The van der Waals surface area contributed by atoms with Crippen LogP contribution < -0.4 is 0 Å². The molecule has 26 heavy (non-hydrogen) atoms. The number of carbonyl (C=O) groups excluding carboxylic acids is 3. The van der Waals surface area contributed by atoms with Crippen molar-refractivity contribution in [2.75, 3.05) is 7.05 Å². The molecule has 0 aliphatic heterocycles. The number of hydrogen-bond donors (Lipinski definition) is 0. The number of aromatic nitrogens is 1. The maximum Gasteiger partial charge on any atom is 0.364 e. The Morgan fingerprint density at radius 3 is 2.69 bits per heavy atom. The van der Waals surface area contributed by atoms with Crippen LogP contribution in [0, 0.1) is 0 Å². The Morgan fingerprint density at radius 2 is 2.04 bits per heavy atom. The first kappa shape index (κ1) is 19.9. The van der Waals surface area contributed by atoms with E-state index in [1.165, 1.54) is 13.2 Å². The number of pyridine rings is 1. The molecule has 0 N–H and O–H groups in total. The quantitative estimate of drug-likeness (QED) is 0.452. The van der Waals surface area contributed by atoms with Gasteiger partial charge in [0.2, 0.25) is 0 Å². The zero-order chi connectivity index (χ0) is 19.3. The van der Waals surface area contributed by atoms with E-state index in [9.17, 15) is 14.4 Å². The lowest BCUT2D eigenvalue weighted by Crippen LogP contribution is -2.29. The first-order valence-electron chi connectivity index (χ1n) is 8.21. The number of hydroxylamine groups is 2. The zero-order valence-corrected chi connectivity index (χ0v) is 16.1. The highest BCUT2D eigenvalue weighted by Crippen LogP contribution is 2.35. The average molecular weight is 374 g/mol. The molecule has 2 rings (SSSR count). The van der Waals surface area contributed by atoms with Crippen molar-refractivity contribution in [1.82, 2.24) is 10.0 Å². The summed E-state index contributed by atoms with van der Waals surface area (Å²) in [5, 5.41) is 1.67. The lowest BCUT2D eigenvalue weighted by molar-refractivity contribution is -0.161. The first-order valence-corrected chi connectivity index (χ1v) is 9.03. The molecule has 0 bridgehead atoms. The number of amides is 1. The molecule has 1 aromatic heterocycles. The number of carbonyl (C=O) groups is 3. The van der Waals surface area contributed by atoms with E-state index in [4.69, 9.17) is 4.84 Å². The largest absolute Gasteiger partial charge is 0.364 e. The van der Waals surface area contributed by atoms with Crippen molar-refractivity contribution in [3.63, 3.8) is 0 Å². The number of para-hydroxylation sites is 1. The third-order valence-corrected chi connectivity index (χ3v) is 4.53. The Morgan fingerprint density at radius 1 is 1.31 bits per heavy atom. The Labute approximate surface area is 156 Å². The van der Waals surface area contributed by atoms with Crippen molar-refractivity contribution < 1.29 is 19.2 Å². The van der Waals surface area contributed by atoms with Crippen LogP contribution in [0.2, 0.25) is 0 Å². The van der Waals surface area contributed by atoms with Gasteiger partial charge in [-0.2, -0.15) is 5.06 Å². The Bertz CT molecular complexity index is 830. The number of thioether (sulfide) groups is 1. The molecule has 0 atom stereocenters. The molecule has 1 amide bonds. The van der Waals surface area contributed by atoms with E-state index in [1.54, 1.807) is 17.8 Å². The molecule has 0 spiro atoms. The molecule has 0 unspecified atom stereocenters. The van der Waals surface area contributed by atoms with Crippen molar-refractivity contribution in [1.29, 1.82) is 0 Å². The maximum absolute atomic E-state index is 12.3. The van der Waals surface area contributed by atoms with Crippen molar-refractivity contribution in [3.05, 3.63) is 36.0 Å². The monoisotopic (exact) mass is 374 g/mol. The fourth-order valence-corrected chi connectivity index (χ4v) is 3.30. The van der Waals surface area contributed by atoms with E-state index in [0.29, 0.717) is 6.29 Å². The molecular weight excluding hydrogens is 352 g/mol. The van der Waals surface area contributed by atoms with Crippen molar-refractivity contribution in [2.45, 2.75) is 43.3 Å². The van der Waals surface area contributed by atoms with Gasteiger partial charge in [-0.1, -0.05) is 32.9 Å². The fraction of sp³-hybridized carbons (Fsp3) is 0.368. The van der Waals surface area contributed by atoms with Gasteiger partial charge in [0.05, 0.1) is 11.1 Å². The molecule has 0 saturated carbocycles. The van der Waals surface area contributed by atoms with Crippen molar-refractivity contribution in [3.8, 4) is 0 Å². The second-order valence-electron chi connectivity index (χ2n) is 6.74. The molecule has 6 nitrogen and oxygen atoms in total. The van der Waals surface area contributed by atoms with Crippen LogP contribution in [-0.4, -0.2) is 40.0 Å². The SMILES string of the molecule is CN(OC(=O)c1cnc2c(SC(C)(C)C)cccc2c1)C(=O)CCC=O. The molecule has 138 valence electrons. The first-order chi connectivity index (χ1) is 12.2. The van der Waals surface area contributed by atoms with Crippen LogP contribution in [0.1, 0.15) is 44.0 Å². The van der Waals surface area contributed by atoms with Gasteiger partial charge in [-0.25, -0.2) is 4.79 Å². The molecule has 0 aliphatic rings. The minimum atomic E-state index is -0.671. The minimum absolute atomic E-state index is 0.00334. The second-order valence-corrected chi connectivity index (χ2v) is 8.61. The summed E-state index contributed by atoms with van der Waals surface area (Å²) in [6.07, 6.45) is 2.18. The topological polar surface area (TPSA) is 76.6 Å². The predicted molar refractivity (Wildman–Crippen MR) is 101 cm³/mol. The van der Waals surface area contributed by atoms with Gasteiger partial charge in [0.1, 0.15) is 6.29 Å². The number of hydrogen-bond acceptors (Lipinski definition) is 6. The van der Waals surface area contributed by atoms with Crippen LogP contribution in [0.15, 0.2) is 35.4 Å². The lowest BCUT2D eigenvalue weighted by Gasteiger charge is -2.18. The van der Waals surface area contributed by atoms with Gasteiger partial charge in [0, 0.05) is 41.1 Å².